The van der Waals surface area contributed by atoms with Gasteiger partial charge in [0.1, 0.15) is 0 Å². The van der Waals surface area contributed by atoms with Gasteiger partial charge >= 0.3 is 0 Å². The van der Waals surface area contributed by atoms with Crippen molar-refractivity contribution in [2.75, 3.05) is 5.32 Å². The number of amides is 2. The maximum Gasteiger partial charge on any atom is 0.240 e. The summed E-state index contributed by atoms with van der Waals surface area (Å²) < 4.78 is 0.815. The van der Waals surface area contributed by atoms with Crippen molar-refractivity contribution < 1.29 is 9.59 Å². The second kappa shape index (κ2) is 8.82. The lowest BCUT2D eigenvalue weighted by molar-refractivity contribution is -0.124. The molecule has 23 heavy (non-hydrogen) atoms. The minimum Gasteiger partial charge on any atom is -0.325 e. The molecule has 1 aliphatic carbocycles. The average Bonchev–Trinajstić information content (AvgIpc) is 2.54. The molecule has 124 valence electrons. The second-order valence-corrected chi connectivity index (χ2v) is 6.67. The van der Waals surface area contributed by atoms with Crippen molar-refractivity contribution in [2.24, 2.45) is 11.0 Å². The fraction of sp³-hybridized carbons (Fsp3) is 0.471. The third kappa shape index (κ3) is 5.78. The fourth-order valence-electron chi connectivity index (χ4n) is 2.53. The second-order valence-electron chi connectivity index (χ2n) is 5.81. The van der Waals surface area contributed by atoms with Crippen LogP contribution in [0.5, 0.6) is 0 Å². The molecule has 0 aliphatic heterocycles. The lowest BCUT2D eigenvalue weighted by Gasteiger charge is -2.19. The van der Waals surface area contributed by atoms with Crippen molar-refractivity contribution in [3.8, 4) is 0 Å². The van der Waals surface area contributed by atoms with Gasteiger partial charge in [0.15, 0.2) is 0 Å². The number of hydrogen-bond acceptors (Lipinski definition) is 3. The van der Waals surface area contributed by atoms with E-state index in [1.54, 1.807) is 6.07 Å². The van der Waals surface area contributed by atoms with E-state index in [1.165, 1.54) is 6.42 Å². The zero-order valence-corrected chi connectivity index (χ0v) is 14.9. The van der Waals surface area contributed by atoms with Gasteiger partial charge in [0, 0.05) is 23.0 Å². The third-order valence-corrected chi connectivity index (χ3v) is 4.63. The van der Waals surface area contributed by atoms with E-state index in [-0.39, 0.29) is 24.7 Å². The summed E-state index contributed by atoms with van der Waals surface area (Å²) in [7, 11) is 0. The highest BCUT2D eigenvalue weighted by atomic mass is 79.9. The summed E-state index contributed by atoms with van der Waals surface area (Å²) in [4.78, 5) is 23.7. The number of para-hydroxylation sites is 1. The lowest BCUT2D eigenvalue weighted by atomic mass is 9.89. The van der Waals surface area contributed by atoms with Crippen LogP contribution < -0.4 is 10.7 Å². The van der Waals surface area contributed by atoms with Crippen LogP contribution >= 0.6 is 15.9 Å². The molecule has 0 spiro atoms. The van der Waals surface area contributed by atoms with Crippen molar-refractivity contribution in [1.29, 1.82) is 0 Å². The highest BCUT2D eigenvalue weighted by molar-refractivity contribution is 9.10. The van der Waals surface area contributed by atoms with E-state index >= 15 is 0 Å². The number of hydrazone groups is 1. The molecule has 5 nitrogen and oxygen atoms in total. The van der Waals surface area contributed by atoms with Crippen molar-refractivity contribution >= 4 is 39.1 Å². The molecule has 0 saturated heterocycles. The zero-order chi connectivity index (χ0) is 16.7. The number of carbonyl (C=O) groups is 2. The van der Waals surface area contributed by atoms with Crippen LogP contribution in [0.15, 0.2) is 33.8 Å². The minimum absolute atomic E-state index is 0.126. The molecule has 0 bridgehead atoms. The van der Waals surface area contributed by atoms with Crippen LogP contribution in [-0.2, 0) is 9.59 Å². The molecule has 0 heterocycles. The van der Waals surface area contributed by atoms with Crippen LogP contribution in [0.3, 0.4) is 0 Å². The topological polar surface area (TPSA) is 70.6 Å². The molecule has 2 N–H and O–H groups in total. The molecule has 1 aromatic carbocycles. The van der Waals surface area contributed by atoms with E-state index in [4.69, 9.17) is 0 Å². The Bertz CT molecular complexity index is 601. The quantitative estimate of drug-likeness (QED) is 0.762. The SMILES string of the molecule is C[C@H]1CCCCC1=NNC(=O)CCC(=O)Nc1ccccc1Br. The first-order valence-electron chi connectivity index (χ1n) is 7.96. The first-order valence-corrected chi connectivity index (χ1v) is 8.75. The Morgan fingerprint density at radius 2 is 1.96 bits per heavy atom. The summed E-state index contributed by atoms with van der Waals surface area (Å²) in [6.45, 7) is 2.13. The Kier molecular flexibility index (Phi) is 6.77. The van der Waals surface area contributed by atoms with E-state index in [0.29, 0.717) is 11.6 Å². The number of halogens is 1. The molecule has 1 aliphatic rings. The third-order valence-electron chi connectivity index (χ3n) is 3.94. The Morgan fingerprint density at radius 1 is 1.22 bits per heavy atom. The van der Waals surface area contributed by atoms with E-state index in [9.17, 15) is 9.59 Å². The van der Waals surface area contributed by atoms with Crippen molar-refractivity contribution in [1.82, 2.24) is 5.43 Å². The molecule has 1 fully saturated rings. The molecule has 2 amide bonds. The highest BCUT2D eigenvalue weighted by Crippen LogP contribution is 2.22. The molecule has 1 saturated carbocycles. The summed E-state index contributed by atoms with van der Waals surface area (Å²) in [5.41, 5.74) is 4.33. The van der Waals surface area contributed by atoms with Gasteiger partial charge in [0.2, 0.25) is 11.8 Å². The largest absolute Gasteiger partial charge is 0.325 e. The van der Waals surface area contributed by atoms with Crippen LogP contribution in [0.2, 0.25) is 0 Å². The van der Waals surface area contributed by atoms with Crippen LogP contribution in [0.25, 0.3) is 0 Å². The first-order chi connectivity index (χ1) is 11.1. The molecular formula is C17H22BrN3O2. The average molecular weight is 380 g/mol. The summed E-state index contributed by atoms with van der Waals surface area (Å²) in [6.07, 6.45) is 4.69. The smallest absolute Gasteiger partial charge is 0.240 e. The zero-order valence-electron chi connectivity index (χ0n) is 13.3. The van der Waals surface area contributed by atoms with Gasteiger partial charge in [0.25, 0.3) is 0 Å². The Labute approximate surface area is 145 Å². The number of anilines is 1. The van der Waals surface area contributed by atoms with E-state index in [0.717, 1.165) is 29.4 Å². The lowest BCUT2D eigenvalue weighted by Crippen LogP contribution is -2.25. The number of nitrogens with zero attached hydrogens (tertiary/aromatic N) is 1. The van der Waals surface area contributed by atoms with E-state index in [2.05, 4.69) is 38.7 Å². The van der Waals surface area contributed by atoms with Crippen molar-refractivity contribution in [2.45, 2.75) is 45.4 Å². The molecule has 0 unspecified atom stereocenters. The van der Waals surface area contributed by atoms with E-state index in [1.807, 2.05) is 18.2 Å². The van der Waals surface area contributed by atoms with Gasteiger partial charge in [0.05, 0.1) is 5.69 Å². The van der Waals surface area contributed by atoms with Crippen LogP contribution in [0, 0.1) is 5.92 Å². The summed E-state index contributed by atoms with van der Waals surface area (Å²) in [6, 6.07) is 7.37. The van der Waals surface area contributed by atoms with Gasteiger partial charge in [-0.25, -0.2) is 5.43 Å². The molecular weight excluding hydrogens is 358 g/mol. The van der Waals surface area contributed by atoms with E-state index < -0.39 is 0 Å². The molecule has 0 radical (unpaired) electrons. The summed E-state index contributed by atoms with van der Waals surface area (Å²) >= 11 is 3.37. The Balaban J connectivity index is 1.74. The Hall–Kier alpha value is -1.69. The standard InChI is InChI=1S/C17H22BrN3O2/c1-12-6-2-4-8-14(12)20-21-17(23)11-10-16(22)19-15-9-5-3-7-13(15)18/h3,5,7,9,12H,2,4,6,8,10-11H2,1H3,(H,19,22)(H,21,23)/t12-/m0/s1. The number of carbonyl (C=O) groups excluding carboxylic acids is 2. The van der Waals surface area contributed by atoms with Crippen molar-refractivity contribution in [3.05, 3.63) is 28.7 Å². The molecule has 0 aromatic heterocycles. The summed E-state index contributed by atoms with van der Waals surface area (Å²) in [5.74, 6) is 0.0195. The number of nitrogens with one attached hydrogen (secondary N) is 2. The predicted molar refractivity (Wildman–Crippen MR) is 95.2 cm³/mol. The van der Waals surface area contributed by atoms with Gasteiger partial charge in [-0.2, -0.15) is 5.10 Å². The van der Waals surface area contributed by atoms with Gasteiger partial charge < -0.3 is 5.32 Å². The van der Waals surface area contributed by atoms with Crippen molar-refractivity contribution in [3.63, 3.8) is 0 Å². The fourth-order valence-corrected chi connectivity index (χ4v) is 2.91. The molecule has 2 rings (SSSR count). The van der Waals surface area contributed by atoms with Gasteiger partial charge in [-0.05, 0) is 53.2 Å². The summed E-state index contributed by atoms with van der Waals surface area (Å²) in [5, 5.41) is 6.99. The number of hydrogen-bond donors (Lipinski definition) is 2. The monoisotopic (exact) mass is 379 g/mol. The number of rotatable bonds is 5. The molecule has 1 atom stereocenters. The molecule has 1 aromatic rings. The van der Waals surface area contributed by atoms with Gasteiger partial charge in [-0.1, -0.05) is 25.5 Å². The van der Waals surface area contributed by atoms with Crippen LogP contribution in [0.4, 0.5) is 5.69 Å². The van der Waals surface area contributed by atoms with Crippen LogP contribution in [0.1, 0.15) is 45.4 Å². The minimum atomic E-state index is -0.224. The first kappa shape index (κ1) is 17.7. The Morgan fingerprint density at radius 3 is 2.70 bits per heavy atom. The van der Waals surface area contributed by atoms with Gasteiger partial charge in [-0.15, -0.1) is 0 Å². The number of benzene rings is 1. The highest BCUT2D eigenvalue weighted by Gasteiger charge is 2.16. The molecule has 6 heteroatoms. The maximum absolute atomic E-state index is 11.9. The maximum atomic E-state index is 11.9. The predicted octanol–water partition coefficient (Wildman–Crippen LogP) is 3.85. The van der Waals surface area contributed by atoms with Gasteiger partial charge in [-0.3, -0.25) is 9.59 Å². The normalized spacial score (nSPS) is 19.4. The van der Waals surface area contributed by atoms with Crippen LogP contribution in [-0.4, -0.2) is 17.5 Å².